The maximum atomic E-state index is 12.2. The van der Waals surface area contributed by atoms with Crippen molar-refractivity contribution in [3.63, 3.8) is 0 Å². The van der Waals surface area contributed by atoms with E-state index >= 15 is 0 Å². The van der Waals surface area contributed by atoms with Crippen LogP contribution in [0.1, 0.15) is 5.56 Å². The molecule has 3 rings (SSSR count). The van der Waals surface area contributed by atoms with E-state index in [1.807, 2.05) is 24.3 Å². The van der Waals surface area contributed by atoms with Gasteiger partial charge >= 0.3 is 0 Å². The molecule has 0 radical (unpaired) electrons. The van der Waals surface area contributed by atoms with Gasteiger partial charge in [-0.25, -0.2) is 0 Å². The number of rotatable bonds is 4. The maximum Gasteiger partial charge on any atom is 0.250 e. The van der Waals surface area contributed by atoms with Crippen LogP contribution in [0.5, 0.6) is 5.88 Å². The number of amides is 1. The maximum absolute atomic E-state index is 12.2. The zero-order valence-electron chi connectivity index (χ0n) is 12.9. The van der Waals surface area contributed by atoms with Gasteiger partial charge in [0.25, 0.3) is 5.91 Å². The smallest absolute Gasteiger partial charge is 0.250 e. The predicted molar refractivity (Wildman–Crippen MR) is 89.3 cm³/mol. The molecule has 3 aromatic rings. The number of nitrogens with zero attached hydrogens (tertiary/aromatic N) is 3. The van der Waals surface area contributed by atoms with Crippen LogP contribution in [-0.4, -0.2) is 35.2 Å². The summed E-state index contributed by atoms with van der Waals surface area (Å²) in [6.07, 6.45) is 6.62. The number of benzene rings is 1. The fourth-order valence-corrected chi connectivity index (χ4v) is 2.23. The van der Waals surface area contributed by atoms with Crippen LogP contribution < -0.4 is 9.64 Å². The number of methoxy groups -OCH3 is 1. The predicted octanol–water partition coefficient (Wildman–Crippen LogP) is 2.64. The van der Waals surface area contributed by atoms with E-state index in [-0.39, 0.29) is 5.91 Å². The molecule has 2 aromatic heterocycles. The first-order valence-corrected chi connectivity index (χ1v) is 7.07. The van der Waals surface area contributed by atoms with E-state index in [4.69, 9.17) is 4.74 Å². The van der Waals surface area contributed by atoms with Crippen LogP contribution in [0.15, 0.2) is 48.8 Å². The Morgan fingerprint density at radius 1 is 1.35 bits per heavy atom. The highest BCUT2D eigenvalue weighted by Gasteiger charge is 2.08. The second kappa shape index (κ2) is 6.31. The minimum atomic E-state index is -0.125. The van der Waals surface area contributed by atoms with Crippen LogP contribution in [0.3, 0.4) is 0 Å². The topological polar surface area (TPSA) is 71.1 Å². The number of fused-ring (bicyclic) bond motifs is 1. The number of aromatic amines is 1. The molecule has 23 heavy (non-hydrogen) atoms. The van der Waals surface area contributed by atoms with Gasteiger partial charge < -0.3 is 9.64 Å². The normalized spacial score (nSPS) is 11.0. The lowest BCUT2D eigenvalue weighted by molar-refractivity contribution is -0.113. The van der Waals surface area contributed by atoms with Crippen LogP contribution in [0.2, 0.25) is 0 Å². The minimum Gasteiger partial charge on any atom is -0.480 e. The van der Waals surface area contributed by atoms with Gasteiger partial charge in [0.2, 0.25) is 5.88 Å². The van der Waals surface area contributed by atoms with Crippen molar-refractivity contribution in [3.05, 3.63) is 54.4 Å². The molecule has 6 nitrogen and oxygen atoms in total. The number of anilines is 1. The summed E-state index contributed by atoms with van der Waals surface area (Å²) in [5.74, 6) is 0.434. The van der Waals surface area contributed by atoms with Crippen molar-refractivity contribution >= 4 is 28.6 Å². The molecule has 0 unspecified atom stereocenters. The summed E-state index contributed by atoms with van der Waals surface area (Å²) in [4.78, 5) is 17.8. The molecule has 0 spiro atoms. The Morgan fingerprint density at radius 2 is 2.22 bits per heavy atom. The van der Waals surface area contributed by atoms with Crippen molar-refractivity contribution in [2.24, 2.45) is 0 Å². The second-order valence-electron chi connectivity index (χ2n) is 4.98. The van der Waals surface area contributed by atoms with Gasteiger partial charge in [0, 0.05) is 19.3 Å². The third-order valence-corrected chi connectivity index (χ3v) is 3.53. The molecule has 0 fully saturated rings. The third kappa shape index (κ3) is 3.06. The van der Waals surface area contributed by atoms with Crippen molar-refractivity contribution in [3.8, 4) is 5.88 Å². The SMILES string of the molecule is COc1n[nH]c2cc(C=CC(=O)N(C)c3cccnc3)ccc12. The number of likely N-dealkylation sites (N-methyl/N-ethyl adjacent to an activating group) is 1. The lowest BCUT2D eigenvalue weighted by atomic mass is 10.1. The highest BCUT2D eigenvalue weighted by molar-refractivity contribution is 6.03. The van der Waals surface area contributed by atoms with Gasteiger partial charge in [-0.3, -0.25) is 14.9 Å². The number of carbonyl (C=O) groups excluding carboxylic acids is 1. The molecule has 0 atom stereocenters. The molecule has 1 N–H and O–H groups in total. The lowest BCUT2D eigenvalue weighted by Crippen LogP contribution is -2.23. The summed E-state index contributed by atoms with van der Waals surface area (Å²) in [5.41, 5.74) is 2.50. The largest absolute Gasteiger partial charge is 0.480 e. The van der Waals surface area contributed by atoms with Crippen molar-refractivity contribution in [1.82, 2.24) is 15.2 Å². The summed E-state index contributed by atoms with van der Waals surface area (Å²) < 4.78 is 5.16. The van der Waals surface area contributed by atoms with Crippen LogP contribution >= 0.6 is 0 Å². The molecule has 0 bridgehead atoms. The van der Waals surface area contributed by atoms with Gasteiger partial charge in [-0.2, -0.15) is 0 Å². The first-order valence-electron chi connectivity index (χ1n) is 7.07. The summed E-state index contributed by atoms with van der Waals surface area (Å²) in [6.45, 7) is 0. The number of pyridine rings is 1. The number of nitrogens with one attached hydrogen (secondary N) is 1. The average molecular weight is 308 g/mol. The van der Waals surface area contributed by atoms with Gasteiger partial charge in [-0.15, -0.1) is 5.10 Å². The molecule has 2 heterocycles. The Hall–Kier alpha value is -3.15. The first-order chi connectivity index (χ1) is 11.2. The first kappa shape index (κ1) is 14.8. The molecule has 1 amide bonds. The highest BCUT2D eigenvalue weighted by atomic mass is 16.5. The molecular formula is C17H16N4O2. The Bertz CT molecular complexity index is 855. The van der Waals surface area contributed by atoms with Gasteiger partial charge in [-0.1, -0.05) is 6.07 Å². The molecule has 6 heteroatoms. The molecule has 0 saturated heterocycles. The van der Waals surface area contributed by atoms with E-state index in [1.165, 1.54) is 6.08 Å². The van der Waals surface area contributed by atoms with Gasteiger partial charge in [-0.05, 0) is 35.9 Å². The Balaban J connectivity index is 1.78. The van der Waals surface area contributed by atoms with Crippen LogP contribution in [-0.2, 0) is 4.79 Å². The molecule has 1 aromatic carbocycles. The average Bonchev–Trinajstić information content (AvgIpc) is 3.02. The van der Waals surface area contributed by atoms with E-state index in [1.54, 1.807) is 43.6 Å². The Kier molecular flexibility index (Phi) is 4.05. The zero-order chi connectivity index (χ0) is 16.2. The van der Waals surface area contributed by atoms with E-state index < -0.39 is 0 Å². The zero-order valence-corrected chi connectivity index (χ0v) is 12.9. The molecule has 0 aliphatic heterocycles. The van der Waals surface area contributed by atoms with Crippen LogP contribution in [0.25, 0.3) is 17.0 Å². The third-order valence-electron chi connectivity index (χ3n) is 3.53. The highest BCUT2D eigenvalue weighted by Crippen LogP contribution is 2.23. The van der Waals surface area contributed by atoms with E-state index in [2.05, 4.69) is 15.2 Å². The standard InChI is InChI=1S/C17H16N4O2/c1-21(13-4-3-9-18-11-13)16(22)8-6-12-5-7-14-15(10-12)19-20-17(14)23-2/h3-11H,1-2H3,(H,19,20). The van der Waals surface area contributed by atoms with Crippen LogP contribution in [0.4, 0.5) is 5.69 Å². The molecule has 0 aliphatic carbocycles. The fourth-order valence-electron chi connectivity index (χ4n) is 2.23. The number of carbonyl (C=O) groups is 1. The van der Waals surface area contributed by atoms with Crippen molar-refractivity contribution in [2.45, 2.75) is 0 Å². The fraction of sp³-hybridized carbons (Fsp3) is 0.118. The van der Waals surface area contributed by atoms with E-state index in [0.717, 1.165) is 22.2 Å². The van der Waals surface area contributed by atoms with E-state index in [9.17, 15) is 4.79 Å². The monoisotopic (exact) mass is 308 g/mol. The second-order valence-corrected chi connectivity index (χ2v) is 4.98. The quantitative estimate of drug-likeness (QED) is 0.752. The van der Waals surface area contributed by atoms with E-state index in [0.29, 0.717) is 5.88 Å². The minimum absolute atomic E-state index is 0.125. The summed E-state index contributed by atoms with van der Waals surface area (Å²) >= 11 is 0. The van der Waals surface area contributed by atoms with Gasteiger partial charge in [0.05, 0.1) is 29.9 Å². The van der Waals surface area contributed by atoms with Gasteiger partial charge in [0.1, 0.15) is 0 Å². The number of hydrogen-bond acceptors (Lipinski definition) is 4. The number of ether oxygens (including phenoxy) is 1. The number of hydrogen-bond donors (Lipinski definition) is 1. The summed E-state index contributed by atoms with van der Waals surface area (Å²) in [6, 6.07) is 9.36. The van der Waals surface area contributed by atoms with Crippen molar-refractivity contribution in [2.75, 3.05) is 19.1 Å². The summed E-state index contributed by atoms with van der Waals surface area (Å²) in [5, 5.41) is 7.87. The molecular weight excluding hydrogens is 292 g/mol. The number of aromatic nitrogens is 3. The molecule has 116 valence electrons. The Morgan fingerprint density at radius 3 is 2.96 bits per heavy atom. The summed E-state index contributed by atoms with van der Waals surface area (Å²) in [7, 11) is 3.29. The van der Waals surface area contributed by atoms with Crippen molar-refractivity contribution < 1.29 is 9.53 Å². The van der Waals surface area contributed by atoms with Gasteiger partial charge in [0.15, 0.2) is 0 Å². The Labute approximate surface area is 133 Å². The van der Waals surface area contributed by atoms with Crippen molar-refractivity contribution in [1.29, 1.82) is 0 Å². The van der Waals surface area contributed by atoms with Crippen LogP contribution in [0, 0.1) is 0 Å². The lowest BCUT2D eigenvalue weighted by Gasteiger charge is -2.14. The number of H-pyrrole nitrogens is 1. The molecule has 0 aliphatic rings. The molecule has 0 saturated carbocycles.